The number of H-pyrrole nitrogens is 1. The van der Waals surface area contributed by atoms with Crippen molar-refractivity contribution in [2.75, 3.05) is 25.5 Å². The molecule has 0 aliphatic carbocycles. The maximum absolute atomic E-state index is 12.7. The van der Waals surface area contributed by atoms with Crippen LogP contribution in [0.3, 0.4) is 0 Å². The second-order valence-corrected chi connectivity index (χ2v) is 7.10. The quantitative estimate of drug-likeness (QED) is 0.716. The fourth-order valence-corrected chi connectivity index (χ4v) is 3.72. The van der Waals surface area contributed by atoms with E-state index in [1.165, 1.54) is 7.11 Å². The Morgan fingerprint density at radius 1 is 1.14 bits per heavy atom. The zero-order valence-electron chi connectivity index (χ0n) is 15.8. The summed E-state index contributed by atoms with van der Waals surface area (Å²) < 4.78 is 4.78. The van der Waals surface area contributed by atoms with E-state index < -0.39 is 0 Å². The molecule has 6 heteroatoms. The van der Waals surface area contributed by atoms with E-state index in [2.05, 4.69) is 22.4 Å². The van der Waals surface area contributed by atoms with Crippen molar-refractivity contribution in [3.8, 4) is 11.3 Å². The van der Waals surface area contributed by atoms with Crippen LogP contribution in [0.1, 0.15) is 12.8 Å². The number of amides is 2. The van der Waals surface area contributed by atoms with Crippen molar-refractivity contribution in [2.45, 2.75) is 12.8 Å². The van der Waals surface area contributed by atoms with Gasteiger partial charge in [0, 0.05) is 40.9 Å². The van der Waals surface area contributed by atoms with Gasteiger partial charge in [0.15, 0.2) is 0 Å². The fraction of sp³-hybridized carbons (Fsp3) is 0.273. The van der Waals surface area contributed by atoms with Crippen molar-refractivity contribution in [3.63, 3.8) is 0 Å². The Bertz CT molecular complexity index is 978. The number of aromatic amines is 1. The number of nitrogens with zero attached hydrogens (tertiary/aromatic N) is 1. The molecule has 6 nitrogen and oxygen atoms in total. The lowest BCUT2D eigenvalue weighted by Gasteiger charge is -2.30. The van der Waals surface area contributed by atoms with Crippen LogP contribution >= 0.6 is 0 Å². The van der Waals surface area contributed by atoms with Crippen LogP contribution in [0.5, 0.6) is 0 Å². The largest absolute Gasteiger partial charge is 0.453 e. The first kappa shape index (κ1) is 18.1. The summed E-state index contributed by atoms with van der Waals surface area (Å²) in [4.78, 5) is 29.5. The third-order valence-electron chi connectivity index (χ3n) is 5.20. The Kier molecular flexibility index (Phi) is 5.02. The van der Waals surface area contributed by atoms with Crippen molar-refractivity contribution < 1.29 is 14.3 Å². The van der Waals surface area contributed by atoms with Crippen LogP contribution < -0.4 is 5.32 Å². The number of carbonyl (C=O) groups is 2. The maximum Gasteiger partial charge on any atom is 0.409 e. The lowest BCUT2D eigenvalue weighted by atomic mass is 9.97. The number of nitrogens with one attached hydrogen (secondary N) is 2. The molecule has 4 rings (SSSR count). The molecule has 0 radical (unpaired) electrons. The van der Waals surface area contributed by atoms with Crippen molar-refractivity contribution in [1.29, 1.82) is 0 Å². The molecule has 0 saturated carbocycles. The number of rotatable bonds is 3. The Labute approximate surface area is 163 Å². The summed E-state index contributed by atoms with van der Waals surface area (Å²) in [6.07, 6.45) is 1.18. The van der Waals surface area contributed by atoms with Crippen LogP contribution in [0.15, 0.2) is 54.6 Å². The third-order valence-corrected chi connectivity index (χ3v) is 5.20. The molecule has 2 aromatic carbocycles. The minimum atomic E-state index is -0.377. The molecule has 28 heavy (non-hydrogen) atoms. The van der Waals surface area contributed by atoms with Gasteiger partial charge in [-0.05, 0) is 37.1 Å². The maximum atomic E-state index is 12.7. The van der Waals surface area contributed by atoms with Gasteiger partial charge in [0.25, 0.3) is 0 Å². The van der Waals surface area contributed by atoms with Crippen molar-refractivity contribution in [3.05, 3.63) is 54.6 Å². The molecule has 1 aliphatic rings. The Hall–Kier alpha value is -3.28. The third kappa shape index (κ3) is 3.71. The fourth-order valence-electron chi connectivity index (χ4n) is 3.72. The number of para-hydroxylation sites is 1. The highest BCUT2D eigenvalue weighted by molar-refractivity contribution is 5.94. The SMILES string of the molecule is COC(=O)N1CCC[C@H](C(=O)Nc2cccc(-c3cc4ccccc4[nH]3)c2)C1. The van der Waals surface area contributed by atoms with Gasteiger partial charge >= 0.3 is 6.09 Å². The molecule has 1 atom stereocenters. The second-order valence-electron chi connectivity index (χ2n) is 7.10. The predicted octanol–water partition coefficient (Wildman–Crippen LogP) is 4.25. The van der Waals surface area contributed by atoms with Gasteiger partial charge in [-0.1, -0.05) is 30.3 Å². The molecule has 3 aromatic rings. The number of anilines is 1. The summed E-state index contributed by atoms with van der Waals surface area (Å²) in [5, 5.41) is 4.15. The summed E-state index contributed by atoms with van der Waals surface area (Å²) in [5.41, 5.74) is 3.84. The standard InChI is InChI=1S/C22H23N3O3/c1-28-22(27)25-11-5-8-17(14-25)21(26)23-18-9-4-7-15(12-18)20-13-16-6-2-3-10-19(16)24-20/h2-4,6-7,9-10,12-13,17,24H,5,8,11,14H2,1H3,(H,23,26)/t17-/m0/s1. The van der Waals surface area contributed by atoms with Gasteiger partial charge in [-0.2, -0.15) is 0 Å². The number of hydrogen-bond acceptors (Lipinski definition) is 3. The minimum absolute atomic E-state index is 0.0672. The first-order valence-corrected chi connectivity index (χ1v) is 9.46. The average molecular weight is 377 g/mol. The Morgan fingerprint density at radius 2 is 2.00 bits per heavy atom. The molecule has 2 amide bonds. The molecule has 1 aromatic heterocycles. The van der Waals surface area contributed by atoms with Gasteiger partial charge in [-0.3, -0.25) is 4.79 Å². The highest BCUT2D eigenvalue weighted by Gasteiger charge is 2.28. The molecule has 0 spiro atoms. The number of benzene rings is 2. The molecule has 1 fully saturated rings. The van der Waals surface area contributed by atoms with E-state index in [4.69, 9.17) is 4.74 Å². The first-order chi connectivity index (χ1) is 13.6. The number of carbonyl (C=O) groups excluding carboxylic acids is 2. The van der Waals surface area contributed by atoms with E-state index in [0.717, 1.165) is 40.7 Å². The van der Waals surface area contributed by atoms with Gasteiger partial charge < -0.3 is 19.9 Å². The van der Waals surface area contributed by atoms with Crippen LogP contribution in [0.2, 0.25) is 0 Å². The van der Waals surface area contributed by atoms with Gasteiger partial charge in [0.2, 0.25) is 5.91 Å². The monoisotopic (exact) mass is 377 g/mol. The summed E-state index contributed by atoms with van der Waals surface area (Å²) in [7, 11) is 1.36. The Balaban J connectivity index is 1.48. The number of fused-ring (bicyclic) bond motifs is 1. The lowest BCUT2D eigenvalue weighted by Crippen LogP contribution is -2.43. The van der Waals surface area contributed by atoms with Gasteiger partial charge in [0.1, 0.15) is 0 Å². The number of piperidine rings is 1. The van der Waals surface area contributed by atoms with E-state index >= 15 is 0 Å². The molecule has 2 N–H and O–H groups in total. The van der Waals surface area contributed by atoms with Crippen LogP contribution in [0.25, 0.3) is 22.2 Å². The minimum Gasteiger partial charge on any atom is -0.453 e. The van der Waals surface area contributed by atoms with Crippen LogP contribution in [-0.2, 0) is 9.53 Å². The van der Waals surface area contributed by atoms with E-state index in [1.807, 2.05) is 42.5 Å². The smallest absolute Gasteiger partial charge is 0.409 e. The first-order valence-electron chi connectivity index (χ1n) is 9.46. The average Bonchev–Trinajstić information content (AvgIpc) is 3.18. The molecular weight excluding hydrogens is 354 g/mol. The molecule has 0 unspecified atom stereocenters. The van der Waals surface area contributed by atoms with E-state index in [-0.39, 0.29) is 17.9 Å². The number of hydrogen-bond donors (Lipinski definition) is 2. The number of ether oxygens (including phenoxy) is 1. The van der Waals surface area contributed by atoms with Crippen LogP contribution in [0.4, 0.5) is 10.5 Å². The van der Waals surface area contributed by atoms with Gasteiger partial charge in [-0.25, -0.2) is 4.79 Å². The van der Waals surface area contributed by atoms with Crippen molar-refractivity contribution in [1.82, 2.24) is 9.88 Å². The zero-order chi connectivity index (χ0) is 19.5. The highest BCUT2D eigenvalue weighted by atomic mass is 16.5. The second kappa shape index (κ2) is 7.76. The van der Waals surface area contributed by atoms with E-state index in [1.54, 1.807) is 4.90 Å². The van der Waals surface area contributed by atoms with Crippen molar-refractivity contribution in [2.24, 2.45) is 5.92 Å². The summed E-state index contributed by atoms with van der Waals surface area (Å²) >= 11 is 0. The summed E-state index contributed by atoms with van der Waals surface area (Å²) in [6, 6.07) is 18.0. The number of methoxy groups -OCH3 is 1. The zero-order valence-corrected chi connectivity index (χ0v) is 15.8. The molecule has 0 bridgehead atoms. The van der Waals surface area contributed by atoms with Gasteiger partial charge in [-0.15, -0.1) is 0 Å². The molecular formula is C22H23N3O3. The van der Waals surface area contributed by atoms with E-state index in [9.17, 15) is 9.59 Å². The van der Waals surface area contributed by atoms with Crippen LogP contribution in [0, 0.1) is 5.92 Å². The molecule has 1 saturated heterocycles. The number of likely N-dealkylation sites (tertiary alicyclic amines) is 1. The van der Waals surface area contributed by atoms with Crippen LogP contribution in [-0.4, -0.2) is 42.1 Å². The van der Waals surface area contributed by atoms with E-state index in [0.29, 0.717) is 13.1 Å². The predicted molar refractivity (Wildman–Crippen MR) is 109 cm³/mol. The molecule has 144 valence electrons. The van der Waals surface area contributed by atoms with Crippen molar-refractivity contribution >= 4 is 28.6 Å². The topological polar surface area (TPSA) is 74.4 Å². The Morgan fingerprint density at radius 3 is 2.82 bits per heavy atom. The lowest BCUT2D eigenvalue weighted by molar-refractivity contribution is -0.121. The highest BCUT2D eigenvalue weighted by Crippen LogP contribution is 2.27. The molecule has 1 aliphatic heterocycles. The molecule has 2 heterocycles. The van der Waals surface area contributed by atoms with Gasteiger partial charge in [0.05, 0.1) is 13.0 Å². The summed E-state index contributed by atoms with van der Waals surface area (Å²) in [5.74, 6) is -0.299. The summed E-state index contributed by atoms with van der Waals surface area (Å²) in [6.45, 7) is 1.02. The normalized spacial score (nSPS) is 16.8. The number of aromatic nitrogens is 1.